The number of nitrogens with one attached hydrogen (secondary N) is 1. The summed E-state index contributed by atoms with van der Waals surface area (Å²) in [5.74, 6) is 0.882. The third kappa shape index (κ3) is 3.20. The topological polar surface area (TPSA) is 12.0 Å². The van der Waals surface area contributed by atoms with Crippen LogP contribution in [-0.2, 0) is 0 Å². The van der Waals surface area contributed by atoms with Crippen LogP contribution in [0.3, 0.4) is 0 Å². The minimum atomic E-state index is 0.553. The van der Waals surface area contributed by atoms with Gasteiger partial charge in [-0.05, 0) is 49.5 Å². The molecule has 0 aromatic heterocycles. The van der Waals surface area contributed by atoms with Crippen LogP contribution < -0.4 is 5.32 Å². The van der Waals surface area contributed by atoms with E-state index in [1.807, 2.05) is 0 Å². The van der Waals surface area contributed by atoms with Gasteiger partial charge in [0.15, 0.2) is 0 Å². The van der Waals surface area contributed by atoms with Gasteiger partial charge in [-0.1, -0.05) is 49.6 Å². The average molecular weight is 257 g/mol. The molecule has 0 radical (unpaired) electrons. The van der Waals surface area contributed by atoms with Gasteiger partial charge in [0.05, 0.1) is 0 Å². The van der Waals surface area contributed by atoms with Gasteiger partial charge in [0.1, 0.15) is 0 Å². The van der Waals surface area contributed by atoms with Crippen molar-refractivity contribution in [3.05, 3.63) is 35.4 Å². The SMILES string of the molecule is Cc1ccc(C(NCC2(C)CCCC2)C2CC2)cc1. The Hall–Kier alpha value is -0.820. The fourth-order valence-electron chi connectivity index (χ4n) is 3.52. The first-order chi connectivity index (χ1) is 9.16. The van der Waals surface area contributed by atoms with E-state index in [9.17, 15) is 0 Å². The Morgan fingerprint density at radius 1 is 1.16 bits per heavy atom. The predicted octanol–water partition coefficient (Wildman–Crippen LogP) is 4.62. The molecule has 1 N–H and O–H groups in total. The lowest BCUT2D eigenvalue weighted by Gasteiger charge is -2.28. The van der Waals surface area contributed by atoms with Crippen molar-refractivity contribution in [2.24, 2.45) is 11.3 Å². The van der Waals surface area contributed by atoms with Gasteiger partial charge in [0.2, 0.25) is 0 Å². The van der Waals surface area contributed by atoms with Crippen LogP contribution in [0, 0.1) is 18.3 Å². The molecule has 2 saturated carbocycles. The van der Waals surface area contributed by atoms with Crippen LogP contribution in [0.2, 0.25) is 0 Å². The highest BCUT2D eigenvalue weighted by molar-refractivity contribution is 5.25. The van der Waals surface area contributed by atoms with Crippen molar-refractivity contribution in [3.63, 3.8) is 0 Å². The molecule has 1 aromatic rings. The molecule has 19 heavy (non-hydrogen) atoms. The normalized spacial score (nSPS) is 23.5. The van der Waals surface area contributed by atoms with Crippen molar-refractivity contribution in [1.82, 2.24) is 5.32 Å². The van der Waals surface area contributed by atoms with Gasteiger partial charge in [-0.3, -0.25) is 0 Å². The maximum absolute atomic E-state index is 3.90. The van der Waals surface area contributed by atoms with E-state index in [-0.39, 0.29) is 0 Å². The van der Waals surface area contributed by atoms with Crippen LogP contribution >= 0.6 is 0 Å². The molecule has 1 atom stereocenters. The third-order valence-corrected chi connectivity index (χ3v) is 5.09. The van der Waals surface area contributed by atoms with Crippen molar-refractivity contribution < 1.29 is 0 Å². The summed E-state index contributed by atoms with van der Waals surface area (Å²) in [7, 11) is 0. The number of rotatable bonds is 5. The van der Waals surface area contributed by atoms with Gasteiger partial charge < -0.3 is 5.32 Å². The number of benzene rings is 1. The second kappa shape index (κ2) is 5.28. The van der Waals surface area contributed by atoms with E-state index >= 15 is 0 Å². The number of aryl methyl sites for hydroxylation is 1. The van der Waals surface area contributed by atoms with Crippen molar-refractivity contribution in [2.75, 3.05) is 6.54 Å². The fourth-order valence-corrected chi connectivity index (χ4v) is 3.52. The van der Waals surface area contributed by atoms with E-state index in [4.69, 9.17) is 0 Å². The molecule has 0 aliphatic heterocycles. The molecular formula is C18H27N. The van der Waals surface area contributed by atoms with E-state index in [2.05, 4.69) is 43.4 Å². The van der Waals surface area contributed by atoms with E-state index < -0.39 is 0 Å². The van der Waals surface area contributed by atoms with E-state index in [1.54, 1.807) is 0 Å². The van der Waals surface area contributed by atoms with Crippen LogP contribution in [0.4, 0.5) is 0 Å². The van der Waals surface area contributed by atoms with Crippen molar-refractivity contribution in [1.29, 1.82) is 0 Å². The zero-order chi connectivity index (χ0) is 13.3. The summed E-state index contributed by atoms with van der Waals surface area (Å²) in [5.41, 5.74) is 3.41. The summed E-state index contributed by atoms with van der Waals surface area (Å²) in [6.07, 6.45) is 8.48. The zero-order valence-electron chi connectivity index (χ0n) is 12.4. The van der Waals surface area contributed by atoms with Crippen LogP contribution in [0.1, 0.15) is 62.6 Å². The molecule has 3 rings (SSSR count). The molecule has 1 nitrogen and oxygen atoms in total. The second-order valence-electron chi connectivity index (χ2n) is 7.12. The van der Waals surface area contributed by atoms with Crippen LogP contribution in [0.25, 0.3) is 0 Å². The Morgan fingerprint density at radius 3 is 2.37 bits per heavy atom. The van der Waals surface area contributed by atoms with E-state index in [0.717, 1.165) is 5.92 Å². The predicted molar refractivity (Wildman–Crippen MR) is 81.2 cm³/mol. The molecule has 1 aromatic carbocycles. The van der Waals surface area contributed by atoms with Gasteiger partial charge in [-0.25, -0.2) is 0 Å². The average Bonchev–Trinajstić information content (AvgIpc) is 3.14. The molecule has 2 aliphatic carbocycles. The summed E-state index contributed by atoms with van der Waals surface area (Å²) in [5, 5.41) is 3.90. The minimum Gasteiger partial charge on any atom is -0.309 e. The van der Waals surface area contributed by atoms with Crippen LogP contribution in [0.5, 0.6) is 0 Å². The van der Waals surface area contributed by atoms with Crippen molar-refractivity contribution in [3.8, 4) is 0 Å². The molecule has 1 heteroatoms. The standard InChI is InChI=1S/C18H27N/c1-14-5-7-15(8-6-14)17(16-9-10-16)19-13-18(2)11-3-4-12-18/h5-8,16-17,19H,3-4,9-13H2,1-2H3. The van der Waals surface area contributed by atoms with Gasteiger partial charge in [0, 0.05) is 12.6 Å². The van der Waals surface area contributed by atoms with Crippen molar-refractivity contribution in [2.45, 2.75) is 58.4 Å². The maximum Gasteiger partial charge on any atom is 0.0348 e. The molecule has 0 amide bonds. The number of hydrogen-bond donors (Lipinski definition) is 1. The summed E-state index contributed by atoms with van der Waals surface area (Å²) in [6, 6.07) is 9.75. The van der Waals surface area contributed by atoms with Crippen molar-refractivity contribution >= 4 is 0 Å². The lowest BCUT2D eigenvalue weighted by Crippen LogP contribution is -2.33. The fraction of sp³-hybridized carbons (Fsp3) is 0.667. The van der Waals surface area contributed by atoms with Gasteiger partial charge in [-0.15, -0.1) is 0 Å². The molecule has 0 spiro atoms. The lowest BCUT2D eigenvalue weighted by atomic mass is 9.88. The molecule has 2 aliphatic rings. The highest BCUT2D eigenvalue weighted by Gasteiger charge is 2.35. The first-order valence-electron chi connectivity index (χ1n) is 7.96. The van der Waals surface area contributed by atoms with Gasteiger partial charge in [0.25, 0.3) is 0 Å². The number of hydrogen-bond acceptors (Lipinski definition) is 1. The Labute approximate surface area is 117 Å². The molecule has 2 fully saturated rings. The zero-order valence-corrected chi connectivity index (χ0v) is 12.4. The Balaban J connectivity index is 1.66. The molecule has 104 valence electrons. The first kappa shape index (κ1) is 13.2. The quantitative estimate of drug-likeness (QED) is 0.812. The monoisotopic (exact) mass is 257 g/mol. The maximum atomic E-state index is 3.90. The Bertz CT molecular complexity index is 410. The summed E-state index contributed by atoms with van der Waals surface area (Å²) in [4.78, 5) is 0. The summed E-state index contributed by atoms with van der Waals surface area (Å²) in [6.45, 7) is 5.83. The summed E-state index contributed by atoms with van der Waals surface area (Å²) >= 11 is 0. The Kier molecular flexibility index (Phi) is 3.66. The Morgan fingerprint density at radius 2 is 1.79 bits per heavy atom. The molecule has 0 saturated heterocycles. The highest BCUT2D eigenvalue weighted by atomic mass is 14.9. The third-order valence-electron chi connectivity index (χ3n) is 5.09. The van der Waals surface area contributed by atoms with Crippen LogP contribution in [0.15, 0.2) is 24.3 Å². The van der Waals surface area contributed by atoms with Gasteiger partial charge in [-0.2, -0.15) is 0 Å². The lowest BCUT2D eigenvalue weighted by molar-refractivity contribution is 0.289. The minimum absolute atomic E-state index is 0.553. The molecule has 0 heterocycles. The van der Waals surface area contributed by atoms with E-state index in [0.29, 0.717) is 11.5 Å². The molecule has 0 bridgehead atoms. The first-order valence-corrected chi connectivity index (χ1v) is 7.96. The second-order valence-corrected chi connectivity index (χ2v) is 7.12. The highest BCUT2D eigenvalue weighted by Crippen LogP contribution is 2.43. The summed E-state index contributed by atoms with van der Waals surface area (Å²) < 4.78 is 0. The molecule has 1 unspecified atom stereocenters. The van der Waals surface area contributed by atoms with E-state index in [1.165, 1.54) is 56.2 Å². The van der Waals surface area contributed by atoms with Gasteiger partial charge >= 0.3 is 0 Å². The largest absolute Gasteiger partial charge is 0.309 e. The van der Waals surface area contributed by atoms with Crippen LogP contribution in [-0.4, -0.2) is 6.54 Å². The smallest absolute Gasteiger partial charge is 0.0348 e. The molecular weight excluding hydrogens is 230 g/mol.